The molecule has 0 radical (unpaired) electrons. The van der Waals surface area contributed by atoms with Gasteiger partial charge in [0.25, 0.3) is 0 Å². The molecular weight excluding hydrogens is 678 g/mol. The Kier molecular flexibility index (Phi) is 26.9. The molecule has 14 nitrogen and oxygen atoms in total. The van der Waals surface area contributed by atoms with Crippen LogP contribution in [-0.4, -0.2) is 31.0 Å². The van der Waals surface area contributed by atoms with E-state index in [0.717, 1.165) is 27.6 Å². The van der Waals surface area contributed by atoms with Crippen molar-refractivity contribution in [3.8, 4) is 28.7 Å². The summed E-state index contributed by atoms with van der Waals surface area (Å²) >= 11 is 0. The van der Waals surface area contributed by atoms with Gasteiger partial charge >= 0.3 is 64.8 Å². The number of hydrogen-bond donors (Lipinski definition) is 6. The molecule has 0 heterocycles. The molecule has 16 heteroatoms. The summed E-state index contributed by atoms with van der Waals surface area (Å²) in [6.45, 7) is 9.03. The van der Waals surface area contributed by atoms with Crippen molar-refractivity contribution in [1.82, 2.24) is 0 Å². The molecular formula is C35H39N6Na2O8+. The van der Waals surface area contributed by atoms with Gasteiger partial charge in [-0.2, -0.15) is 10.2 Å². The maximum Gasteiger partial charge on any atom is 1.00 e. The number of para-hydroxylation sites is 1. The molecule has 5 aromatic carbocycles. The van der Waals surface area contributed by atoms with E-state index in [9.17, 15) is 10.2 Å². The van der Waals surface area contributed by atoms with Crippen LogP contribution in [0.25, 0.3) is 4.98 Å². The van der Waals surface area contributed by atoms with Crippen LogP contribution in [0.15, 0.2) is 113 Å². The van der Waals surface area contributed by atoms with Gasteiger partial charge in [0, 0.05) is 17.8 Å². The number of nitrogens with zero attached hydrogens (tertiary/aromatic N) is 5. The molecule has 0 spiro atoms. The first-order valence-electron chi connectivity index (χ1n) is 14.1. The van der Waals surface area contributed by atoms with Crippen molar-refractivity contribution in [2.45, 2.75) is 34.6 Å². The SMILES string of the molecule is Cc1cc(N)ccc1O.Cc1cc(N=Nc2ccc(O)c(C)c2)ccc1O.Cc1cc([N+]#N)ccc1O.Cc1ccccc1O.O=N[O-].[Na+].[Na+].[OH-]. The summed E-state index contributed by atoms with van der Waals surface area (Å²) in [5.74, 6) is 1.37. The van der Waals surface area contributed by atoms with Crippen LogP contribution in [0.5, 0.6) is 28.7 Å². The third-order valence-corrected chi connectivity index (χ3v) is 6.27. The van der Waals surface area contributed by atoms with E-state index in [1.165, 1.54) is 12.1 Å². The second kappa shape index (κ2) is 27.1. The normalized spacial score (nSPS) is 8.94. The molecule has 0 unspecified atom stereocenters. The van der Waals surface area contributed by atoms with Gasteiger partial charge in [-0.25, -0.2) is 0 Å². The smallest absolute Gasteiger partial charge is 0.870 e. The van der Waals surface area contributed by atoms with Crippen LogP contribution in [0.1, 0.15) is 27.8 Å². The zero-order valence-corrected chi connectivity index (χ0v) is 33.6. The van der Waals surface area contributed by atoms with E-state index in [2.05, 4.69) is 15.2 Å². The summed E-state index contributed by atoms with van der Waals surface area (Å²) in [6, 6.07) is 26.9. The molecule has 258 valence electrons. The monoisotopic (exact) mass is 717 g/mol. The molecule has 0 bridgehead atoms. The largest absolute Gasteiger partial charge is 1.00 e. The first-order chi connectivity index (χ1) is 22.7. The molecule has 0 aliphatic heterocycles. The number of nitrogens with two attached hydrogens (primary N) is 1. The third-order valence-electron chi connectivity index (χ3n) is 6.27. The fraction of sp³-hybridized carbons (Fsp3) is 0.143. The van der Waals surface area contributed by atoms with Crippen LogP contribution in [0.4, 0.5) is 22.7 Å². The number of benzene rings is 5. The van der Waals surface area contributed by atoms with E-state index in [1.807, 2.05) is 32.0 Å². The molecule has 5 aromatic rings. The van der Waals surface area contributed by atoms with Crippen molar-refractivity contribution in [2.24, 2.45) is 15.6 Å². The van der Waals surface area contributed by atoms with E-state index in [0.29, 0.717) is 39.8 Å². The Morgan fingerprint density at radius 3 is 1.24 bits per heavy atom. The molecule has 0 saturated heterocycles. The summed E-state index contributed by atoms with van der Waals surface area (Å²) < 4.78 is 0. The number of rotatable bonds is 2. The number of aromatic hydroxyl groups is 5. The van der Waals surface area contributed by atoms with Crippen LogP contribution in [0.2, 0.25) is 0 Å². The van der Waals surface area contributed by atoms with Crippen molar-refractivity contribution >= 4 is 22.7 Å². The number of phenolic OH excluding ortho intramolecular Hbond substituents is 5. The van der Waals surface area contributed by atoms with Gasteiger partial charge in [-0.1, -0.05) is 18.2 Å². The van der Waals surface area contributed by atoms with Crippen molar-refractivity contribution in [3.63, 3.8) is 0 Å². The first-order valence-corrected chi connectivity index (χ1v) is 14.1. The number of azo groups is 1. The van der Waals surface area contributed by atoms with E-state index < -0.39 is 0 Å². The Labute approximate surface area is 340 Å². The van der Waals surface area contributed by atoms with Crippen LogP contribution >= 0.6 is 0 Å². The zero-order valence-electron chi connectivity index (χ0n) is 29.6. The number of aryl methyl sites for hydroxylation is 5. The average molecular weight is 718 g/mol. The Balaban J connectivity index is -0.000000606. The number of nitrogen functional groups attached to an aromatic ring is 1. The van der Waals surface area contributed by atoms with Crippen LogP contribution in [0.3, 0.4) is 0 Å². The molecule has 0 amide bonds. The quantitative estimate of drug-likeness (QED) is 0.0295. The predicted octanol–water partition coefficient (Wildman–Crippen LogP) is 3.38. The summed E-state index contributed by atoms with van der Waals surface area (Å²) in [4.78, 5) is 11.0. The minimum absolute atomic E-state index is 0. The standard InChI is InChI=1S/C14H14N2O2.C7H6N2O.C7H9NO.C7H8O.HNO2.2Na.H2O/c1-9-7-11(3-5-13(9)17)15-16-12-4-6-14(18)10(2)8-12;1-5-4-6(9-8)2-3-7(5)10;1-5-4-6(8)2-3-7(5)9;1-6-4-2-3-5-7(6)8;2-1-3;;;/h3-8,17-18H,1-2H3;2-4H,1H3;2-4,9H,8H2,1H3;2-5,8H,1H3;(H,2,3);;;1H2/q;;;;;2*+1;/p-1. The molecule has 5 rings (SSSR count). The van der Waals surface area contributed by atoms with E-state index in [1.54, 1.807) is 87.5 Å². The number of diazo groups is 1. The number of hydrogen-bond acceptors (Lipinski definition) is 13. The van der Waals surface area contributed by atoms with Gasteiger partial charge in [-0.15, -0.1) is 5.34 Å². The summed E-state index contributed by atoms with van der Waals surface area (Å²) in [7, 11) is 0. The molecule has 0 saturated carbocycles. The van der Waals surface area contributed by atoms with Crippen molar-refractivity contribution in [1.29, 1.82) is 5.39 Å². The van der Waals surface area contributed by atoms with Gasteiger partial charge in [0.05, 0.1) is 11.4 Å². The van der Waals surface area contributed by atoms with E-state index in [-0.39, 0.29) is 81.8 Å². The minimum atomic E-state index is 0. The van der Waals surface area contributed by atoms with E-state index >= 15 is 0 Å². The molecule has 0 aliphatic carbocycles. The Morgan fingerprint density at radius 2 is 0.922 bits per heavy atom. The number of anilines is 1. The molecule has 0 aromatic heterocycles. The van der Waals surface area contributed by atoms with Crippen LogP contribution in [-0.2, 0) is 0 Å². The van der Waals surface area contributed by atoms with Crippen LogP contribution < -0.4 is 64.8 Å². The van der Waals surface area contributed by atoms with Gasteiger partial charge in [-0.05, 0) is 129 Å². The maximum atomic E-state index is 9.40. The molecule has 0 aliphatic rings. The van der Waals surface area contributed by atoms with Crippen LogP contribution in [0, 0.1) is 50.1 Å². The zero-order chi connectivity index (χ0) is 36.2. The second-order valence-corrected chi connectivity index (χ2v) is 10.1. The fourth-order valence-electron chi connectivity index (χ4n) is 3.46. The van der Waals surface area contributed by atoms with Gasteiger partial charge in [0.2, 0.25) is 5.39 Å². The Morgan fingerprint density at radius 1 is 0.569 bits per heavy atom. The van der Waals surface area contributed by atoms with Gasteiger partial charge < -0.3 is 46.9 Å². The second-order valence-electron chi connectivity index (χ2n) is 10.1. The van der Waals surface area contributed by atoms with Gasteiger partial charge in [0.1, 0.15) is 28.7 Å². The summed E-state index contributed by atoms with van der Waals surface area (Å²) in [5.41, 5.74) is 11.9. The predicted molar refractivity (Wildman–Crippen MR) is 189 cm³/mol. The van der Waals surface area contributed by atoms with Crippen molar-refractivity contribution in [3.05, 3.63) is 140 Å². The number of phenols is 5. The molecule has 0 fully saturated rings. The summed E-state index contributed by atoms with van der Waals surface area (Å²) in [6.07, 6.45) is 0. The first kappa shape index (κ1) is 50.7. The molecule has 0 atom stereocenters. The average Bonchev–Trinajstić information content (AvgIpc) is 3.05. The fourth-order valence-corrected chi connectivity index (χ4v) is 3.46. The van der Waals surface area contributed by atoms with Gasteiger partial charge in [0.15, 0.2) is 4.98 Å². The Bertz CT molecular complexity index is 1800. The summed E-state index contributed by atoms with van der Waals surface area (Å²) in [5, 5.41) is 71.2. The molecule has 51 heavy (non-hydrogen) atoms. The van der Waals surface area contributed by atoms with E-state index in [4.69, 9.17) is 36.6 Å². The topological polar surface area (TPSA) is 263 Å². The van der Waals surface area contributed by atoms with Gasteiger partial charge in [-0.3, -0.25) is 0 Å². The molecule has 8 N–H and O–H groups in total. The Hall–Kier alpha value is -4.72. The minimum Gasteiger partial charge on any atom is -0.870 e. The van der Waals surface area contributed by atoms with Crippen molar-refractivity contribution < 1.29 is 90.1 Å². The van der Waals surface area contributed by atoms with Crippen molar-refractivity contribution in [2.75, 3.05) is 5.73 Å². The maximum absolute atomic E-state index is 9.40. The third kappa shape index (κ3) is 19.9.